The van der Waals surface area contributed by atoms with Crippen LogP contribution in [0, 0.1) is 18.8 Å². The maximum atomic E-state index is 12.5. The van der Waals surface area contributed by atoms with Gasteiger partial charge in [0.15, 0.2) is 0 Å². The number of hydrogen-bond acceptors (Lipinski definition) is 3. The standard InChI is InChI=1S/C15H21N3O/c1-10-4-3-5-17-14(10)6-15(19)18-9-12-7-16-8-13(12)11(18)2/h3-5,11-13,16H,6-9H2,1-2H3. The lowest BCUT2D eigenvalue weighted by molar-refractivity contribution is -0.131. The predicted molar refractivity (Wildman–Crippen MR) is 73.7 cm³/mol. The highest BCUT2D eigenvalue weighted by atomic mass is 16.2. The smallest absolute Gasteiger partial charge is 0.228 e. The molecule has 1 aromatic rings. The van der Waals surface area contributed by atoms with E-state index in [1.165, 1.54) is 0 Å². The second-order valence-electron chi connectivity index (χ2n) is 5.81. The minimum atomic E-state index is 0.226. The van der Waals surface area contributed by atoms with Gasteiger partial charge in [-0.25, -0.2) is 0 Å². The first-order valence-electron chi connectivity index (χ1n) is 7.07. The zero-order valence-electron chi connectivity index (χ0n) is 11.6. The average Bonchev–Trinajstić information content (AvgIpc) is 2.96. The summed E-state index contributed by atoms with van der Waals surface area (Å²) in [6.45, 7) is 7.21. The molecule has 102 valence electrons. The Morgan fingerprint density at radius 3 is 3.11 bits per heavy atom. The van der Waals surface area contributed by atoms with Gasteiger partial charge in [0.2, 0.25) is 5.91 Å². The highest BCUT2D eigenvalue weighted by molar-refractivity contribution is 5.79. The van der Waals surface area contributed by atoms with E-state index in [1.54, 1.807) is 6.20 Å². The van der Waals surface area contributed by atoms with Gasteiger partial charge in [0, 0.05) is 31.9 Å². The Labute approximate surface area is 114 Å². The number of carbonyl (C=O) groups is 1. The summed E-state index contributed by atoms with van der Waals surface area (Å²) in [4.78, 5) is 18.9. The summed E-state index contributed by atoms with van der Waals surface area (Å²) in [6.07, 6.45) is 2.20. The van der Waals surface area contributed by atoms with E-state index < -0.39 is 0 Å². The number of rotatable bonds is 2. The molecule has 2 fully saturated rings. The summed E-state index contributed by atoms with van der Waals surface area (Å²) in [5, 5.41) is 3.42. The van der Waals surface area contributed by atoms with Crippen LogP contribution in [-0.4, -0.2) is 41.5 Å². The lowest BCUT2D eigenvalue weighted by Gasteiger charge is -2.24. The van der Waals surface area contributed by atoms with Gasteiger partial charge in [-0.05, 0) is 37.3 Å². The normalized spacial score (nSPS) is 29.6. The zero-order valence-corrected chi connectivity index (χ0v) is 11.6. The molecule has 2 aliphatic rings. The third kappa shape index (κ3) is 2.25. The van der Waals surface area contributed by atoms with Gasteiger partial charge in [0.25, 0.3) is 0 Å². The number of hydrogen-bond donors (Lipinski definition) is 1. The SMILES string of the molecule is Cc1cccnc1CC(=O)N1CC2CNCC2C1C. The van der Waals surface area contributed by atoms with Crippen LogP contribution in [-0.2, 0) is 11.2 Å². The van der Waals surface area contributed by atoms with Crippen LogP contribution in [0.15, 0.2) is 18.3 Å². The number of nitrogens with one attached hydrogen (secondary N) is 1. The van der Waals surface area contributed by atoms with Crippen molar-refractivity contribution in [3.05, 3.63) is 29.6 Å². The van der Waals surface area contributed by atoms with Crippen molar-refractivity contribution < 1.29 is 4.79 Å². The van der Waals surface area contributed by atoms with Crippen molar-refractivity contribution in [2.45, 2.75) is 26.3 Å². The lowest BCUT2D eigenvalue weighted by Crippen LogP contribution is -2.39. The third-order valence-corrected chi connectivity index (χ3v) is 4.69. The maximum Gasteiger partial charge on any atom is 0.228 e. The van der Waals surface area contributed by atoms with Crippen molar-refractivity contribution in [3.8, 4) is 0 Å². The number of aromatic nitrogens is 1. The fourth-order valence-corrected chi connectivity index (χ4v) is 3.45. The van der Waals surface area contributed by atoms with Crippen molar-refractivity contribution in [1.29, 1.82) is 0 Å². The van der Waals surface area contributed by atoms with Crippen LogP contribution in [0.3, 0.4) is 0 Å². The van der Waals surface area contributed by atoms with E-state index >= 15 is 0 Å². The minimum absolute atomic E-state index is 0.226. The fraction of sp³-hybridized carbons (Fsp3) is 0.600. The van der Waals surface area contributed by atoms with Crippen molar-refractivity contribution in [2.24, 2.45) is 11.8 Å². The van der Waals surface area contributed by atoms with Gasteiger partial charge >= 0.3 is 0 Å². The van der Waals surface area contributed by atoms with E-state index in [9.17, 15) is 4.79 Å². The van der Waals surface area contributed by atoms with Gasteiger partial charge in [-0.3, -0.25) is 9.78 Å². The van der Waals surface area contributed by atoms with E-state index in [4.69, 9.17) is 0 Å². The molecule has 1 amide bonds. The molecule has 3 rings (SSSR count). The summed E-state index contributed by atoms with van der Waals surface area (Å²) in [6, 6.07) is 4.29. The van der Waals surface area contributed by atoms with Crippen LogP contribution in [0.2, 0.25) is 0 Å². The number of amides is 1. The fourth-order valence-electron chi connectivity index (χ4n) is 3.45. The van der Waals surface area contributed by atoms with E-state index in [1.807, 2.05) is 19.1 Å². The molecular weight excluding hydrogens is 238 g/mol. The summed E-state index contributed by atoms with van der Waals surface area (Å²) >= 11 is 0. The molecule has 0 bridgehead atoms. The number of aryl methyl sites for hydroxylation is 1. The van der Waals surface area contributed by atoms with Crippen LogP contribution in [0.5, 0.6) is 0 Å². The molecule has 19 heavy (non-hydrogen) atoms. The van der Waals surface area contributed by atoms with E-state index in [2.05, 4.69) is 22.1 Å². The first-order valence-corrected chi connectivity index (χ1v) is 7.07. The van der Waals surface area contributed by atoms with Crippen LogP contribution >= 0.6 is 0 Å². The number of pyridine rings is 1. The summed E-state index contributed by atoms with van der Waals surface area (Å²) < 4.78 is 0. The topological polar surface area (TPSA) is 45.2 Å². The van der Waals surface area contributed by atoms with Crippen LogP contribution in [0.1, 0.15) is 18.2 Å². The van der Waals surface area contributed by atoms with Crippen molar-refractivity contribution in [2.75, 3.05) is 19.6 Å². The van der Waals surface area contributed by atoms with Crippen LogP contribution < -0.4 is 5.32 Å². The van der Waals surface area contributed by atoms with Crippen molar-refractivity contribution in [3.63, 3.8) is 0 Å². The second kappa shape index (κ2) is 4.93. The molecule has 3 heterocycles. The molecule has 1 N–H and O–H groups in total. The molecule has 0 aromatic carbocycles. The van der Waals surface area contributed by atoms with Gasteiger partial charge in [0.1, 0.15) is 0 Å². The average molecular weight is 259 g/mol. The Hall–Kier alpha value is -1.42. The Balaban J connectivity index is 1.70. The van der Waals surface area contributed by atoms with E-state index in [0.29, 0.717) is 24.3 Å². The third-order valence-electron chi connectivity index (χ3n) is 4.69. The predicted octanol–water partition coefficient (Wildman–Crippen LogP) is 0.999. The molecule has 0 spiro atoms. The Morgan fingerprint density at radius 1 is 1.53 bits per heavy atom. The molecule has 0 radical (unpaired) electrons. The molecule has 2 aliphatic heterocycles. The summed E-state index contributed by atoms with van der Waals surface area (Å²) in [7, 11) is 0. The lowest BCUT2D eigenvalue weighted by atomic mass is 9.95. The molecule has 3 atom stereocenters. The number of carbonyl (C=O) groups excluding carboxylic acids is 1. The molecule has 4 nitrogen and oxygen atoms in total. The van der Waals surface area contributed by atoms with Gasteiger partial charge in [0.05, 0.1) is 12.1 Å². The van der Waals surface area contributed by atoms with E-state index in [-0.39, 0.29) is 5.91 Å². The van der Waals surface area contributed by atoms with Gasteiger partial charge in [-0.2, -0.15) is 0 Å². The Bertz CT molecular complexity index is 488. The number of nitrogens with zero attached hydrogens (tertiary/aromatic N) is 2. The van der Waals surface area contributed by atoms with Crippen molar-refractivity contribution >= 4 is 5.91 Å². The number of fused-ring (bicyclic) bond motifs is 1. The molecule has 3 unspecified atom stereocenters. The number of likely N-dealkylation sites (tertiary alicyclic amines) is 1. The van der Waals surface area contributed by atoms with Gasteiger partial charge < -0.3 is 10.2 Å². The van der Waals surface area contributed by atoms with Gasteiger partial charge in [-0.1, -0.05) is 6.07 Å². The molecular formula is C15H21N3O. The summed E-state index contributed by atoms with van der Waals surface area (Å²) in [5.41, 5.74) is 2.01. The molecule has 4 heteroatoms. The molecule has 1 aromatic heterocycles. The van der Waals surface area contributed by atoms with Gasteiger partial charge in [-0.15, -0.1) is 0 Å². The monoisotopic (exact) mass is 259 g/mol. The summed E-state index contributed by atoms with van der Waals surface area (Å²) in [5.74, 6) is 1.50. The molecule has 0 aliphatic carbocycles. The Morgan fingerprint density at radius 2 is 2.37 bits per heavy atom. The second-order valence-corrected chi connectivity index (χ2v) is 5.81. The van der Waals surface area contributed by atoms with Crippen LogP contribution in [0.4, 0.5) is 0 Å². The highest BCUT2D eigenvalue weighted by Crippen LogP contribution is 2.32. The van der Waals surface area contributed by atoms with Crippen molar-refractivity contribution in [1.82, 2.24) is 15.2 Å². The largest absolute Gasteiger partial charge is 0.339 e. The minimum Gasteiger partial charge on any atom is -0.339 e. The first kappa shape index (κ1) is 12.6. The zero-order chi connectivity index (χ0) is 13.4. The molecule has 0 saturated carbocycles. The molecule has 2 saturated heterocycles. The van der Waals surface area contributed by atoms with E-state index in [0.717, 1.165) is 30.9 Å². The van der Waals surface area contributed by atoms with Crippen LogP contribution in [0.25, 0.3) is 0 Å². The highest BCUT2D eigenvalue weighted by Gasteiger charge is 2.43. The maximum absolute atomic E-state index is 12.5. The first-order chi connectivity index (χ1) is 9.16. The quantitative estimate of drug-likeness (QED) is 0.862. The Kier molecular flexibility index (Phi) is 3.27.